The van der Waals surface area contributed by atoms with Crippen molar-refractivity contribution in [3.05, 3.63) is 0 Å². The van der Waals surface area contributed by atoms with Gasteiger partial charge in [0, 0.05) is 6.54 Å². The second kappa shape index (κ2) is 4.91. The Hall–Kier alpha value is -0.160. The average molecular weight is 188 g/mol. The summed E-state index contributed by atoms with van der Waals surface area (Å²) < 4.78 is 11.0. The summed E-state index contributed by atoms with van der Waals surface area (Å²) in [5.41, 5.74) is 5.37. The molecular formula is C9H20N2O2. The lowest BCUT2D eigenvalue weighted by molar-refractivity contribution is -0.137. The molecule has 1 aliphatic rings. The minimum Gasteiger partial charge on any atom is -0.348 e. The Morgan fingerprint density at radius 3 is 2.85 bits per heavy atom. The van der Waals surface area contributed by atoms with E-state index < -0.39 is 5.79 Å². The van der Waals surface area contributed by atoms with Crippen LogP contribution in [0.25, 0.3) is 0 Å². The number of nitrogens with one attached hydrogen (secondary N) is 1. The molecule has 78 valence electrons. The average Bonchev–Trinajstić information content (AvgIpc) is 2.40. The first-order valence-corrected chi connectivity index (χ1v) is 4.86. The summed E-state index contributed by atoms with van der Waals surface area (Å²) in [4.78, 5) is 0. The van der Waals surface area contributed by atoms with Gasteiger partial charge in [-0.25, -0.2) is 0 Å². The van der Waals surface area contributed by atoms with Crippen LogP contribution in [0.4, 0.5) is 0 Å². The Bertz CT molecular complexity index is 151. The highest BCUT2D eigenvalue weighted by molar-refractivity contribution is 4.72. The zero-order valence-electron chi connectivity index (χ0n) is 8.51. The highest BCUT2D eigenvalue weighted by atomic mass is 16.7. The van der Waals surface area contributed by atoms with Gasteiger partial charge in [-0.3, -0.25) is 0 Å². The molecule has 0 radical (unpaired) electrons. The maximum atomic E-state index is 5.61. The molecular weight excluding hydrogens is 168 g/mol. The van der Waals surface area contributed by atoms with Crippen molar-refractivity contribution in [1.29, 1.82) is 0 Å². The minimum atomic E-state index is -0.403. The fraction of sp³-hybridized carbons (Fsp3) is 1.00. The lowest BCUT2D eigenvalue weighted by Gasteiger charge is -2.17. The zero-order valence-corrected chi connectivity index (χ0v) is 8.51. The molecule has 1 saturated heterocycles. The van der Waals surface area contributed by atoms with Crippen molar-refractivity contribution in [2.45, 2.75) is 32.2 Å². The minimum absolute atomic E-state index is 0.188. The maximum Gasteiger partial charge on any atom is 0.163 e. The maximum absolute atomic E-state index is 5.61. The first kappa shape index (κ1) is 10.9. The van der Waals surface area contributed by atoms with Crippen LogP contribution < -0.4 is 11.1 Å². The van der Waals surface area contributed by atoms with Crippen molar-refractivity contribution >= 4 is 0 Å². The molecule has 1 fully saturated rings. The van der Waals surface area contributed by atoms with E-state index >= 15 is 0 Å². The highest BCUT2D eigenvalue weighted by Gasteiger charge is 2.31. The van der Waals surface area contributed by atoms with Gasteiger partial charge in [-0.1, -0.05) is 0 Å². The van der Waals surface area contributed by atoms with E-state index in [-0.39, 0.29) is 6.10 Å². The molecule has 0 aliphatic carbocycles. The molecule has 1 heterocycles. The van der Waals surface area contributed by atoms with E-state index in [1.165, 1.54) is 0 Å². The van der Waals surface area contributed by atoms with E-state index in [1.807, 2.05) is 13.8 Å². The Labute approximate surface area is 79.8 Å². The first-order chi connectivity index (χ1) is 6.14. The van der Waals surface area contributed by atoms with E-state index in [1.54, 1.807) is 0 Å². The van der Waals surface area contributed by atoms with Crippen LogP contribution in [0.3, 0.4) is 0 Å². The van der Waals surface area contributed by atoms with Crippen molar-refractivity contribution in [2.24, 2.45) is 5.73 Å². The van der Waals surface area contributed by atoms with Gasteiger partial charge in [-0.15, -0.1) is 0 Å². The lowest BCUT2D eigenvalue weighted by Crippen LogP contribution is -2.31. The van der Waals surface area contributed by atoms with E-state index in [0.29, 0.717) is 6.61 Å². The van der Waals surface area contributed by atoms with Crippen molar-refractivity contribution in [3.8, 4) is 0 Å². The van der Waals surface area contributed by atoms with Crippen LogP contribution in [0.5, 0.6) is 0 Å². The van der Waals surface area contributed by atoms with Crippen molar-refractivity contribution < 1.29 is 9.47 Å². The third-order valence-corrected chi connectivity index (χ3v) is 2.00. The number of ether oxygens (including phenoxy) is 2. The van der Waals surface area contributed by atoms with Crippen molar-refractivity contribution in [3.63, 3.8) is 0 Å². The summed E-state index contributed by atoms with van der Waals surface area (Å²) in [6, 6.07) is 0. The normalized spacial score (nSPS) is 26.5. The molecule has 0 aromatic rings. The molecule has 1 rings (SSSR count). The topological polar surface area (TPSA) is 56.5 Å². The van der Waals surface area contributed by atoms with Crippen LogP contribution in [-0.2, 0) is 9.47 Å². The van der Waals surface area contributed by atoms with Crippen LogP contribution in [0.2, 0.25) is 0 Å². The smallest absolute Gasteiger partial charge is 0.163 e. The molecule has 1 aliphatic heterocycles. The van der Waals surface area contributed by atoms with Gasteiger partial charge in [-0.2, -0.15) is 0 Å². The Morgan fingerprint density at radius 2 is 2.31 bits per heavy atom. The summed E-state index contributed by atoms with van der Waals surface area (Å²) in [5.74, 6) is -0.403. The Kier molecular flexibility index (Phi) is 4.12. The van der Waals surface area contributed by atoms with Crippen molar-refractivity contribution in [1.82, 2.24) is 5.32 Å². The van der Waals surface area contributed by atoms with Crippen LogP contribution in [-0.4, -0.2) is 38.1 Å². The molecule has 1 unspecified atom stereocenters. The SMILES string of the molecule is CC1(C)OCC(CNCCCN)O1. The molecule has 0 saturated carbocycles. The summed E-state index contributed by atoms with van der Waals surface area (Å²) >= 11 is 0. The van der Waals surface area contributed by atoms with Crippen LogP contribution in [0.1, 0.15) is 20.3 Å². The summed E-state index contributed by atoms with van der Waals surface area (Å²) in [5, 5.41) is 3.28. The van der Waals surface area contributed by atoms with E-state index in [0.717, 1.165) is 26.1 Å². The molecule has 1 atom stereocenters. The largest absolute Gasteiger partial charge is 0.348 e. The molecule has 3 N–H and O–H groups in total. The number of nitrogens with two attached hydrogens (primary N) is 1. The van der Waals surface area contributed by atoms with E-state index in [4.69, 9.17) is 15.2 Å². The van der Waals surface area contributed by atoms with Gasteiger partial charge >= 0.3 is 0 Å². The van der Waals surface area contributed by atoms with Gasteiger partial charge < -0.3 is 20.5 Å². The molecule has 0 aromatic heterocycles. The van der Waals surface area contributed by atoms with Crippen LogP contribution >= 0.6 is 0 Å². The quantitative estimate of drug-likeness (QED) is 0.600. The predicted octanol–water partition coefficient (Wildman–Crippen LogP) is 0.0763. The molecule has 4 heteroatoms. The van der Waals surface area contributed by atoms with Crippen LogP contribution in [0, 0.1) is 0 Å². The van der Waals surface area contributed by atoms with Gasteiger partial charge in [0.25, 0.3) is 0 Å². The number of rotatable bonds is 5. The monoisotopic (exact) mass is 188 g/mol. The van der Waals surface area contributed by atoms with Crippen molar-refractivity contribution in [2.75, 3.05) is 26.2 Å². The van der Waals surface area contributed by atoms with Gasteiger partial charge in [0.2, 0.25) is 0 Å². The molecule has 0 spiro atoms. The summed E-state index contributed by atoms with van der Waals surface area (Å²) in [6.07, 6.45) is 1.20. The standard InChI is InChI=1S/C9H20N2O2/c1-9(2)12-7-8(13-9)6-11-5-3-4-10/h8,11H,3-7,10H2,1-2H3. The number of hydrogen-bond donors (Lipinski definition) is 2. The first-order valence-electron chi connectivity index (χ1n) is 4.86. The van der Waals surface area contributed by atoms with Gasteiger partial charge in [0.15, 0.2) is 5.79 Å². The number of hydrogen-bond acceptors (Lipinski definition) is 4. The molecule has 0 amide bonds. The lowest BCUT2D eigenvalue weighted by atomic mass is 10.3. The molecule has 0 bridgehead atoms. The second-order valence-electron chi connectivity index (χ2n) is 3.80. The Morgan fingerprint density at radius 1 is 1.54 bits per heavy atom. The highest BCUT2D eigenvalue weighted by Crippen LogP contribution is 2.21. The fourth-order valence-electron chi connectivity index (χ4n) is 1.35. The van der Waals surface area contributed by atoms with Gasteiger partial charge in [-0.05, 0) is 33.4 Å². The second-order valence-corrected chi connectivity index (χ2v) is 3.80. The van der Waals surface area contributed by atoms with Gasteiger partial charge in [0.05, 0.1) is 12.7 Å². The van der Waals surface area contributed by atoms with E-state index in [2.05, 4.69) is 5.32 Å². The fourth-order valence-corrected chi connectivity index (χ4v) is 1.35. The van der Waals surface area contributed by atoms with Crippen LogP contribution in [0.15, 0.2) is 0 Å². The third kappa shape index (κ3) is 4.04. The summed E-state index contributed by atoms with van der Waals surface area (Å²) in [7, 11) is 0. The Balaban J connectivity index is 2.04. The molecule has 4 nitrogen and oxygen atoms in total. The molecule has 0 aromatic carbocycles. The van der Waals surface area contributed by atoms with Gasteiger partial charge in [0.1, 0.15) is 0 Å². The predicted molar refractivity (Wildman–Crippen MR) is 51.4 cm³/mol. The third-order valence-electron chi connectivity index (χ3n) is 2.00. The van der Waals surface area contributed by atoms with E-state index in [9.17, 15) is 0 Å². The summed E-state index contributed by atoms with van der Waals surface area (Å²) in [6.45, 7) is 7.10. The molecule has 13 heavy (non-hydrogen) atoms. The zero-order chi connectivity index (χ0) is 9.73.